The molecule has 0 bridgehead atoms. The minimum atomic E-state index is -0.637. The lowest BCUT2D eigenvalue weighted by molar-refractivity contribution is -0.145. The number of rotatable bonds is 5. The molecule has 1 aliphatic rings. The maximum atomic E-state index is 12.4. The van der Waals surface area contributed by atoms with Crippen molar-refractivity contribution in [2.45, 2.75) is 18.9 Å². The highest BCUT2D eigenvalue weighted by molar-refractivity contribution is 5.98. The molecule has 0 amide bonds. The first-order valence-corrected chi connectivity index (χ1v) is 7.84. The summed E-state index contributed by atoms with van der Waals surface area (Å²) in [6.45, 7) is 0. The third-order valence-corrected chi connectivity index (χ3v) is 3.93. The summed E-state index contributed by atoms with van der Waals surface area (Å²) in [5.74, 6) is -0.242. The van der Waals surface area contributed by atoms with Crippen LogP contribution in [0.15, 0.2) is 60.2 Å². The lowest BCUT2D eigenvalue weighted by Gasteiger charge is -2.17. The number of hydrogen-bond donors (Lipinski definition) is 1. The lowest BCUT2D eigenvalue weighted by Crippen LogP contribution is -2.14. The van der Waals surface area contributed by atoms with E-state index in [2.05, 4.69) is 0 Å². The van der Waals surface area contributed by atoms with Crippen LogP contribution in [0.2, 0.25) is 0 Å². The zero-order valence-corrected chi connectivity index (χ0v) is 13.1. The Morgan fingerprint density at radius 1 is 1.21 bits per heavy atom. The van der Waals surface area contributed by atoms with Gasteiger partial charge in [-0.3, -0.25) is 0 Å². The molecule has 2 aromatic carbocycles. The van der Waals surface area contributed by atoms with E-state index >= 15 is 0 Å². The average Bonchev–Trinajstić information content (AvgIpc) is 3.43. The third kappa shape index (κ3) is 3.82. The van der Waals surface area contributed by atoms with Crippen molar-refractivity contribution in [3.8, 4) is 11.8 Å². The summed E-state index contributed by atoms with van der Waals surface area (Å²) in [6.07, 6.45) is 3.15. The van der Waals surface area contributed by atoms with E-state index < -0.39 is 5.97 Å². The van der Waals surface area contributed by atoms with E-state index in [1.165, 1.54) is 18.2 Å². The van der Waals surface area contributed by atoms with Crippen LogP contribution in [0.25, 0.3) is 6.08 Å². The van der Waals surface area contributed by atoms with Gasteiger partial charge in [0.05, 0.1) is 0 Å². The minimum absolute atomic E-state index is 0.0783. The molecule has 0 spiro atoms. The van der Waals surface area contributed by atoms with Crippen molar-refractivity contribution in [3.63, 3.8) is 0 Å². The second-order valence-electron chi connectivity index (χ2n) is 5.84. The van der Waals surface area contributed by atoms with E-state index in [1.54, 1.807) is 12.1 Å². The van der Waals surface area contributed by atoms with Gasteiger partial charge in [-0.1, -0.05) is 42.5 Å². The number of benzene rings is 2. The Bertz CT molecular complexity index is 801. The van der Waals surface area contributed by atoms with Crippen molar-refractivity contribution in [1.82, 2.24) is 0 Å². The molecule has 0 radical (unpaired) electrons. The van der Waals surface area contributed by atoms with Crippen LogP contribution in [0.4, 0.5) is 0 Å². The number of carbonyl (C=O) groups excluding carboxylic acids is 1. The Balaban J connectivity index is 1.80. The zero-order valence-electron chi connectivity index (χ0n) is 13.1. The molecule has 1 saturated carbocycles. The van der Waals surface area contributed by atoms with Gasteiger partial charge < -0.3 is 9.84 Å². The van der Waals surface area contributed by atoms with Crippen LogP contribution >= 0.6 is 0 Å². The molecule has 3 rings (SSSR count). The fourth-order valence-electron chi connectivity index (χ4n) is 2.58. The van der Waals surface area contributed by atoms with Crippen molar-refractivity contribution in [2.75, 3.05) is 0 Å². The molecular formula is C20H17NO3. The van der Waals surface area contributed by atoms with Crippen LogP contribution in [0.1, 0.15) is 30.1 Å². The Morgan fingerprint density at radius 2 is 1.96 bits per heavy atom. The first-order valence-electron chi connectivity index (χ1n) is 7.84. The van der Waals surface area contributed by atoms with Crippen molar-refractivity contribution >= 4 is 12.0 Å². The second-order valence-corrected chi connectivity index (χ2v) is 5.84. The predicted molar refractivity (Wildman–Crippen MR) is 89.7 cm³/mol. The SMILES string of the molecule is N#C/C(=C\c1cccc(O)c1)C(=O)OC(c1ccccc1)C1CC1. The van der Waals surface area contributed by atoms with Gasteiger partial charge in [0, 0.05) is 5.92 Å². The molecule has 1 atom stereocenters. The molecule has 4 heteroatoms. The molecule has 0 saturated heterocycles. The number of hydrogen-bond acceptors (Lipinski definition) is 4. The van der Waals surface area contributed by atoms with Gasteiger partial charge in [0.15, 0.2) is 0 Å². The van der Waals surface area contributed by atoms with Gasteiger partial charge in [-0.25, -0.2) is 4.79 Å². The van der Waals surface area contributed by atoms with Crippen molar-refractivity contribution in [2.24, 2.45) is 5.92 Å². The normalized spacial score (nSPS) is 15.4. The number of aromatic hydroxyl groups is 1. The van der Waals surface area contributed by atoms with Crippen LogP contribution in [0.5, 0.6) is 5.75 Å². The highest BCUT2D eigenvalue weighted by Gasteiger charge is 2.35. The number of phenols is 1. The molecular weight excluding hydrogens is 302 g/mol. The first-order chi connectivity index (χ1) is 11.7. The molecule has 0 aliphatic heterocycles. The fourth-order valence-corrected chi connectivity index (χ4v) is 2.58. The van der Waals surface area contributed by atoms with Gasteiger partial charge in [0.25, 0.3) is 0 Å². The Kier molecular flexibility index (Phi) is 4.62. The van der Waals surface area contributed by atoms with Crippen molar-refractivity contribution in [1.29, 1.82) is 5.26 Å². The van der Waals surface area contributed by atoms with E-state index in [1.807, 2.05) is 36.4 Å². The minimum Gasteiger partial charge on any atom is -0.508 e. The molecule has 0 aromatic heterocycles. The third-order valence-electron chi connectivity index (χ3n) is 3.93. The number of ether oxygens (including phenoxy) is 1. The standard InChI is InChI=1S/C20H17NO3/c21-13-17(11-14-5-4-8-18(22)12-14)20(23)24-19(16-9-10-16)15-6-2-1-3-7-15/h1-8,11-12,16,19,22H,9-10H2/b17-11+. The van der Waals surface area contributed by atoms with E-state index in [0.717, 1.165) is 18.4 Å². The molecule has 1 N–H and O–H groups in total. The summed E-state index contributed by atoms with van der Waals surface area (Å²) in [5, 5.41) is 18.8. The molecule has 24 heavy (non-hydrogen) atoms. The quantitative estimate of drug-likeness (QED) is 0.514. The largest absolute Gasteiger partial charge is 0.508 e. The van der Waals surface area contributed by atoms with Gasteiger partial charge in [-0.2, -0.15) is 5.26 Å². The molecule has 2 aromatic rings. The van der Waals surface area contributed by atoms with Crippen LogP contribution in [-0.4, -0.2) is 11.1 Å². The summed E-state index contributed by atoms with van der Waals surface area (Å²) in [4.78, 5) is 12.4. The first kappa shape index (κ1) is 15.8. The van der Waals surface area contributed by atoms with Gasteiger partial charge in [-0.15, -0.1) is 0 Å². The van der Waals surface area contributed by atoms with Crippen LogP contribution in [0, 0.1) is 17.2 Å². The smallest absolute Gasteiger partial charge is 0.349 e. The van der Waals surface area contributed by atoms with E-state index in [0.29, 0.717) is 11.5 Å². The molecule has 1 unspecified atom stereocenters. The number of nitrogens with zero attached hydrogens (tertiary/aromatic N) is 1. The van der Waals surface area contributed by atoms with E-state index in [4.69, 9.17) is 4.74 Å². The fraction of sp³-hybridized carbons (Fsp3) is 0.200. The highest BCUT2D eigenvalue weighted by Crippen LogP contribution is 2.43. The van der Waals surface area contributed by atoms with Crippen LogP contribution in [0.3, 0.4) is 0 Å². The summed E-state index contributed by atoms with van der Waals surface area (Å²) in [6, 6.07) is 17.9. The molecule has 1 aliphatic carbocycles. The number of phenolic OH excluding ortho intramolecular Hbond substituents is 1. The van der Waals surface area contributed by atoms with E-state index in [9.17, 15) is 15.2 Å². The summed E-state index contributed by atoms with van der Waals surface area (Å²) in [7, 11) is 0. The zero-order chi connectivity index (χ0) is 16.9. The van der Waals surface area contributed by atoms with Crippen LogP contribution < -0.4 is 0 Å². The molecule has 0 heterocycles. The maximum absolute atomic E-state index is 12.4. The lowest BCUT2D eigenvalue weighted by atomic mass is 10.1. The Morgan fingerprint density at radius 3 is 2.58 bits per heavy atom. The van der Waals surface area contributed by atoms with E-state index in [-0.39, 0.29) is 17.4 Å². The maximum Gasteiger partial charge on any atom is 0.349 e. The van der Waals surface area contributed by atoms with Gasteiger partial charge in [0.1, 0.15) is 23.5 Å². The van der Waals surface area contributed by atoms with Gasteiger partial charge in [-0.05, 0) is 42.2 Å². The molecule has 1 fully saturated rings. The molecule has 120 valence electrons. The van der Waals surface area contributed by atoms with Crippen molar-refractivity contribution < 1.29 is 14.6 Å². The molecule has 4 nitrogen and oxygen atoms in total. The predicted octanol–water partition coefficient (Wildman–Crippen LogP) is 3.99. The topological polar surface area (TPSA) is 70.3 Å². The summed E-state index contributed by atoms with van der Waals surface area (Å²) < 4.78 is 5.62. The average molecular weight is 319 g/mol. The summed E-state index contributed by atoms with van der Waals surface area (Å²) in [5.41, 5.74) is 1.44. The number of carbonyl (C=O) groups is 1. The van der Waals surface area contributed by atoms with Crippen LogP contribution in [-0.2, 0) is 9.53 Å². The number of esters is 1. The van der Waals surface area contributed by atoms with Gasteiger partial charge in [0.2, 0.25) is 0 Å². The Hall–Kier alpha value is -3.06. The summed E-state index contributed by atoms with van der Waals surface area (Å²) >= 11 is 0. The highest BCUT2D eigenvalue weighted by atomic mass is 16.5. The van der Waals surface area contributed by atoms with Crippen molar-refractivity contribution in [3.05, 3.63) is 71.3 Å². The monoisotopic (exact) mass is 319 g/mol. The second kappa shape index (κ2) is 7.01. The Labute approximate surface area is 140 Å². The number of nitriles is 1. The van der Waals surface area contributed by atoms with Gasteiger partial charge >= 0.3 is 5.97 Å².